The number of nitriles is 1. The number of benzene rings is 1. The number of amides is 2. The molecule has 4 nitrogen and oxygen atoms in total. The molecule has 0 saturated heterocycles. The van der Waals surface area contributed by atoms with Gasteiger partial charge >= 0.3 is 6.03 Å². The molecule has 0 atom stereocenters. The van der Waals surface area contributed by atoms with E-state index in [0.29, 0.717) is 23.7 Å². The summed E-state index contributed by atoms with van der Waals surface area (Å²) >= 11 is 5.89. The van der Waals surface area contributed by atoms with Crippen molar-refractivity contribution in [2.75, 3.05) is 11.9 Å². The Morgan fingerprint density at radius 1 is 1.35 bits per heavy atom. The normalized spacial score (nSPS) is 9.41. The first-order chi connectivity index (χ1) is 8.24. The molecule has 5 heteroatoms. The Balaban J connectivity index is 2.26. The highest BCUT2D eigenvalue weighted by Crippen LogP contribution is 2.19. The summed E-state index contributed by atoms with van der Waals surface area (Å²) in [6, 6.07) is 8.82. The number of nitrogens with one attached hydrogen (secondary N) is 2. The molecule has 0 aliphatic rings. The minimum atomic E-state index is -0.282. The van der Waals surface area contributed by atoms with E-state index in [4.69, 9.17) is 16.9 Å². The Morgan fingerprint density at radius 2 is 2.12 bits per heavy atom. The number of halogens is 1. The zero-order chi connectivity index (χ0) is 12.5. The first kappa shape index (κ1) is 13.3. The van der Waals surface area contributed by atoms with Crippen LogP contribution in [0.25, 0.3) is 0 Å². The summed E-state index contributed by atoms with van der Waals surface area (Å²) in [5.74, 6) is 0. The maximum atomic E-state index is 11.5. The van der Waals surface area contributed by atoms with E-state index in [1.54, 1.807) is 24.3 Å². The van der Waals surface area contributed by atoms with Crippen molar-refractivity contribution in [3.8, 4) is 6.07 Å². The van der Waals surface area contributed by atoms with E-state index in [1.807, 2.05) is 0 Å². The third kappa shape index (κ3) is 5.23. The Morgan fingerprint density at radius 3 is 2.82 bits per heavy atom. The predicted molar refractivity (Wildman–Crippen MR) is 67.9 cm³/mol. The van der Waals surface area contributed by atoms with Crippen LogP contribution in [0.4, 0.5) is 10.5 Å². The zero-order valence-corrected chi connectivity index (χ0v) is 10.1. The van der Waals surface area contributed by atoms with Crippen LogP contribution >= 0.6 is 11.6 Å². The molecule has 1 aromatic rings. The van der Waals surface area contributed by atoms with Gasteiger partial charge < -0.3 is 10.6 Å². The van der Waals surface area contributed by atoms with Gasteiger partial charge in [0.05, 0.1) is 16.8 Å². The number of hydrogen-bond donors (Lipinski definition) is 2. The lowest BCUT2D eigenvalue weighted by Gasteiger charge is -2.08. The average molecular weight is 252 g/mol. The van der Waals surface area contributed by atoms with Crippen molar-refractivity contribution in [2.24, 2.45) is 0 Å². The highest BCUT2D eigenvalue weighted by molar-refractivity contribution is 6.33. The molecule has 0 bridgehead atoms. The van der Waals surface area contributed by atoms with Gasteiger partial charge in [-0.3, -0.25) is 0 Å². The number of anilines is 1. The van der Waals surface area contributed by atoms with Crippen molar-refractivity contribution in [3.63, 3.8) is 0 Å². The molecule has 0 spiro atoms. The SMILES string of the molecule is N#CCCCCNC(=O)Nc1ccccc1Cl. The lowest BCUT2D eigenvalue weighted by molar-refractivity contribution is 0.252. The fraction of sp³-hybridized carbons (Fsp3) is 0.333. The van der Waals surface area contributed by atoms with Crippen molar-refractivity contribution >= 4 is 23.3 Å². The fourth-order valence-corrected chi connectivity index (χ4v) is 1.44. The number of carbonyl (C=O) groups is 1. The zero-order valence-electron chi connectivity index (χ0n) is 9.37. The van der Waals surface area contributed by atoms with Crippen LogP contribution in [-0.2, 0) is 0 Å². The molecule has 0 heterocycles. The van der Waals surface area contributed by atoms with Gasteiger partial charge in [-0.15, -0.1) is 0 Å². The summed E-state index contributed by atoms with van der Waals surface area (Å²) in [4.78, 5) is 11.5. The van der Waals surface area contributed by atoms with Crippen molar-refractivity contribution in [1.82, 2.24) is 5.32 Å². The van der Waals surface area contributed by atoms with E-state index in [2.05, 4.69) is 16.7 Å². The van der Waals surface area contributed by atoms with Crippen LogP contribution in [0.15, 0.2) is 24.3 Å². The van der Waals surface area contributed by atoms with Crippen LogP contribution < -0.4 is 10.6 Å². The molecule has 0 saturated carbocycles. The highest BCUT2D eigenvalue weighted by atomic mass is 35.5. The Bertz CT molecular complexity index is 414. The van der Waals surface area contributed by atoms with Crippen LogP contribution in [-0.4, -0.2) is 12.6 Å². The third-order valence-corrected chi connectivity index (χ3v) is 2.45. The monoisotopic (exact) mass is 251 g/mol. The number of carbonyl (C=O) groups excluding carboxylic acids is 1. The van der Waals surface area contributed by atoms with Gasteiger partial charge in [-0.2, -0.15) is 5.26 Å². The molecule has 1 rings (SSSR count). The van der Waals surface area contributed by atoms with E-state index < -0.39 is 0 Å². The van der Waals surface area contributed by atoms with Gasteiger partial charge in [-0.25, -0.2) is 4.79 Å². The molecule has 0 aliphatic heterocycles. The number of urea groups is 1. The number of nitrogens with zero attached hydrogens (tertiary/aromatic N) is 1. The van der Waals surface area contributed by atoms with Crippen LogP contribution in [0.3, 0.4) is 0 Å². The van der Waals surface area contributed by atoms with Crippen molar-refractivity contribution in [2.45, 2.75) is 19.3 Å². The molecule has 0 unspecified atom stereocenters. The standard InChI is InChI=1S/C12H14ClN3O/c13-10-6-2-3-7-11(10)16-12(17)15-9-5-1-4-8-14/h2-3,6-7H,1,4-5,9H2,(H2,15,16,17). The van der Waals surface area contributed by atoms with E-state index in [-0.39, 0.29) is 6.03 Å². The van der Waals surface area contributed by atoms with Crippen LogP contribution in [0.2, 0.25) is 5.02 Å². The second-order valence-corrected chi connectivity index (χ2v) is 3.88. The maximum Gasteiger partial charge on any atom is 0.319 e. The van der Waals surface area contributed by atoms with Crippen molar-refractivity contribution < 1.29 is 4.79 Å². The van der Waals surface area contributed by atoms with Crippen LogP contribution in [0.1, 0.15) is 19.3 Å². The molecule has 17 heavy (non-hydrogen) atoms. The first-order valence-corrected chi connectivity index (χ1v) is 5.78. The molecule has 1 aromatic carbocycles. The van der Waals surface area contributed by atoms with Gasteiger partial charge in [0.2, 0.25) is 0 Å². The molecular weight excluding hydrogens is 238 g/mol. The maximum absolute atomic E-state index is 11.5. The Labute approximate surface area is 106 Å². The van der Waals surface area contributed by atoms with Crippen LogP contribution in [0.5, 0.6) is 0 Å². The quantitative estimate of drug-likeness (QED) is 0.790. The number of hydrogen-bond acceptors (Lipinski definition) is 2. The summed E-state index contributed by atoms with van der Waals surface area (Å²) in [5, 5.41) is 14.2. The molecule has 0 radical (unpaired) electrons. The summed E-state index contributed by atoms with van der Waals surface area (Å²) < 4.78 is 0. The first-order valence-electron chi connectivity index (χ1n) is 5.40. The summed E-state index contributed by atoms with van der Waals surface area (Å²) in [6.45, 7) is 0.554. The van der Waals surface area contributed by atoms with E-state index >= 15 is 0 Å². The highest BCUT2D eigenvalue weighted by Gasteiger charge is 2.03. The second-order valence-electron chi connectivity index (χ2n) is 3.48. The van der Waals surface area contributed by atoms with Gasteiger partial charge in [-0.1, -0.05) is 23.7 Å². The molecule has 0 fully saturated rings. The lowest BCUT2D eigenvalue weighted by Crippen LogP contribution is -2.29. The van der Waals surface area contributed by atoms with Gasteiger partial charge in [0.15, 0.2) is 0 Å². The van der Waals surface area contributed by atoms with Gasteiger partial charge in [0.25, 0.3) is 0 Å². The lowest BCUT2D eigenvalue weighted by atomic mass is 10.2. The van der Waals surface area contributed by atoms with Crippen LogP contribution in [0, 0.1) is 11.3 Å². The molecule has 2 amide bonds. The minimum absolute atomic E-state index is 0.282. The van der Waals surface area contributed by atoms with E-state index in [1.165, 1.54) is 0 Å². The Kier molecular flexibility index (Phi) is 5.91. The molecule has 2 N–H and O–H groups in total. The molecular formula is C12H14ClN3O. The predicted octanol–water partition coefficient (Wildman–Crippen LogP) is 3.16. The van der Waals surface area contributed by atoms with E-state index in [0.717, 1.165) is 12.8 Å². The third-order valence-electron chi connectivity index (χ3n) is 2.12. The summed E-state index contributed by atoms with van der Waals surface area (Å²) in [5.41, 5.74) is 0.587. The topological polar surface area (TPSA) is 64.9 Å². The molecule has 0 aliphatic carbocycles. The largest absolute Gasteiger partial charge is 0.338 e. The van der Waals surface area contributed by atoms with Crippen molar-refractivity contribution in [3.05, 3.63) is 29.3 Å². The van der Waals surface area contributed by atoms with Gasteiger partial charge in [-0.05, 0) is 25.0 Å². The average Bonchev–Trinajstić information content (AvgIpc) is 2.32. The summed E-state index contributed by atoms with van der Waals surface area (Å²) in [7, 11) is 0. The molecule has 0 aromatic heterocycles. The van der Waals surface area contributed by atoms with E-state index in [9.17, 15) is 4.79 Å². The molecule has 90 valence electrons. The number of unbranched alkanes of at least 4 members (excludes halogenated alkanes) is 2. The van der Waals surface area contributed by atoms with Gasteiger partial charge in [0, 0.05) is 13.0 Å². The minimum Gasteiger partial charge on any atom is -0.338 e. The van der Waals surface area contributed by atoms with Crippen molar-refractivity contribution in [1.29, 1.82) is 5.26 Å². The smallest absolute Gasteiger partial charge is 0.319 e. The fourth-order valence-electron chi connectivity index (χ4n) is 1.26. The summed E-state index contributed by atoms with van der Waals surface area (Å²) in [6.07, 6.45) is 2.11. The number of para-hydroxylation sites is 1. The second kappa shape index (κ2) is 7.53. The number of rotatable bonds is 5. The van der Waals surface area contributed by atoms with Gasteiger partial charge in [0.1, 0.15) is 0 Å². The Hall–Kier alpha value is -1.73.